The van der Waals surface area contributed by atoms with E-state index in [0.717, 1.165) is 38.5 Å². The van der Waals surface area contributed by atoms with Crippen LogP contribution in [0.25, 0.3) is 0 Å². The van der Waals surface area contributed by atoms with E-state index in [1.807, 2.05) is 0 Å². The van der Waals surface area contributed by atoms with Gasteiger partial charge in [-0.15, -0.1) is 0 Å². The maximum absolute atomic E-state index is 14.5. The first-order chi connectivity index (χ1) is 12.2. The standard InChI is InChI=1S/C21H32FNO3/c1-20-10-9-14-12(13(20)6-7-15(20)19(25)26-4)5-8-17-21(14,2)11-16(22)18(24)23(17)3/h12-17H,5-11H2,1-4H3/t12?,13-,14?,15+,16+,17?,20-,21+/m0/s1. The van der Waals surface area contributed by atoms with E-state index in [1.54, 1.807) is 11.9 Å². The van der Waals surface area contributed by atoms with Crippen molar-refractivity contribution in [1.82, 2.24) is 4.90 Å². The van der Waals surface area contributed by atoms with Crippen molar-refractivity contribution in [1.29, 1.82) is 0 Å². The summed E-state index contributed by atoms with van der Waals surface area (Å²) in [5.41, 5.74) is -0.126. The number of halogens is 1. The van der Waals surface area contributed by atoms with E-state index in [4.69, 9.17) is 4.74 Å². The zero-order valence-corrected chi connectivity index (χ0v) is 16.5. The highest BCUT2D eigenvalue weighted by Crippen LogP contribution is 2.66. The molecule has 3 unspecified atom stereocenters. The number of likely N-dealkylation sites (tertiary alicyclic amines) is 1. The molecule has 1 heterocycles. The van der Waals surface area contributed by atoms with Gasteiger partial charge in [0.15, 0.2) is 6.17 Å². The Morgan fingerprint density at radius 2 is 1.81 bits per heavy atom. The van der Waals surface area contributed by atoms with Crippen molar-refractivity contribution < 1.29 is 18.7 Å². The molecule has 5 heteroatoms. The average molecular weight is 365 g/mol. The van der Waals surface area contributed by atoms with Gasteiger partial charge in [-0.3, -0.25) is 9.59 Å². The summed E-state index contributed by atoms with van der Waals surface area (Å²) in [6.07, 6.45) is 5.09. The summed E-state index contributed by atoms with van der Waals surface area (Å²) in [4.78, 5) is 26.2. The number of ether oxygens (including phenoxy) is 1. The summed E-state index contributed by atoms with van der Waals surface area (Å²) >= 11 is 0. The Hall–Kier alpha value is -1.13. The van der Waals surface area contributed by atoms with Crippen molar-refractivity contribution in [2.75, 3.05) is 14.2 Å². The summed E-state index contributed by atoms with van der Waals surface area (Å²) in [6.45, 7) is 4.50. The average Bonchev–Trinajstić information content (AvgIpc) is 2.96. The van der Waals surface area contributed by atoms with Crippen LogP contribution in [-0.2, 0) is 14.3 Å². The number of rotatable bonds is 1. The molecule has 26 heavy (non-hydrogen) atoms. The van der Waals surface area contributed by atoms with Crippen LogP contribution in [0, 0.1) is 34.5 Å². The Morgan fingerprint density at radius 1 is 1.12 bits per heavy atom. The van der Waals surface area contributed by atoms with Gasteiger partial charge in [-0.1, -0.05) is 13.8 Å². The van der Waals surface area contributed by atoms with Gasteiger partial charge in [0.1, 0.15) is 0 Å². The predicted octanol–water partition coefficient (Wildman–Crippen LogP) is 3.59. The number of carbonyl (C=O) groups excluding carboxylic acids is 2. The van der Waals surface area contributed by atoms with Crippen molar-refractivity contribution in [2.24, 2.45) is 34.5 Å². The number of alkyl halides is 1. The van der Waals surface area contributed by atoms with Gasteiger partial charge in [-0.2, -0.15) is 0 Å². The van der Waals surface area contributed by atoms with E-state index in [1.165, 1.54) is 7.11 Å². The van der Waals surface area contributed by atoms with Crippen LogP contribution in [0.15, 0.2) is 0 Å². The molecule has 146 valence electrons. The number of nitrogens with zero attached hydrogens (tertiary/aromatic N) is 1. The molecule has 1 saturated heterocycles. The van der Waals surface area contributed by atoms with Crippen molar-refractivity contribution in [3.8, 4) is 0 Å². The number of esters is 1. The number of hydrogen-bond acceptors (Lipinski definition) is 3. The van der Waals surface area contributed by atoms with Crippen LogP contribution in [0.5, 0.6) is 0 Å². The number of amides is 1. The van der Waals surface area contributed by atoms with Gasteiger partial charge in [0.2, 0.25) is 0 Å². The van der Waals surface area contributed by atoms with Crippen LogP contribution in [0.2, 0.25) is 0 Å². The summed E-state index contributed by atoms with van der Waals surface area (Å²) in [5, 5.41) is 0. The number of carbonyl (C=O) groups is 2. The molecule has 1 amide bonds. The third kappa shape index (κ3) is 2.24. The quantitative estimate of drug-likeness (QED) is 0.667. The van der Waals surface area contributed by atoms with Crippen LogP contribution in [-0.4, -0.2) is 43.1 Å². The Balaban J connectivity index is 1.64. The fraction of sp³-hybridized carbons (Fsp3) is 0.905. The summed E-state index contributed by atoms with van der Waals surface area (Å²) in [5.74, 6) is 1.12. The fourth-order valence-corrected chi connectivity index (χ4v) is 7.74. The third-order valence-corrected chi connectivity index (χ3v) is 9.01. The Labute approximate surface area is 155 Å². The second-order valence-electron chi connectivity index (χ2n) is 9.79. The first-order valence-corrected chi connectivity index (χ1v) is 10.2. The van der Waals surface area contributed by atoms with Crippen molar-refractivity contribution >= 4 is 11.9 Å². The monoisotopic (exact) mass is 365 g/mol. The molecule has 0 aromatic carbocycles. The van der Waals surface area contributed by atoms with Crippen molar-refractivity contribution in [2.45, 2.75) is 71.0 Å². The molecule has 3 aliphatic carbocycles. The Bertz CT molecular complexity index is 624. The highest BCUT2D eigenvalue weighted by atomic mass is 19.1. The van der Waals surface area contributed by atoms with Crippen LogP contribution in [0.4, 0.5) is 4.39 Å². The van der Waals surface area contributed by atoms with Crippen LogP contribution in [0.1, 0.15) is 58.8 Å². The second-order valence-corrected chi connectivity index (χ2v) is 9.79. The molecule has 0 aromatic heterocycles. The van der Waals surface area contributed by atoms with Gasteiger partial charge in [0, 0.05) is 13.1 Å². The van der Waals surface area contributed by atoms with Crippen LogP contribution in [0.3, 0.4) is 0 Å². The van der Waals surface area contributed by atoms with Gasteiger partial charge in [0.25, 0.3) is 5.91 Å². The molecule has 0 spiro atoms. The number of hydrogen-bond donors (Lipinski definition) is 0. The highest BCUT2D eigenvalue weighted by Gasteiger charge is 2.63. The second kappa shape index (κ2) is 5.93. The van der Waals surface area contributed by atoms with E-state index in [0.29, 0.717) is 24.2 Å². The highest BCUT2D eigenvalue weighted by molar-refractivity contribution is 5.82. The van der Waals surface area contributed by atoms with E-state index in [2.05, 4.69) is 13.8 Å². The molecule has 4 nitrogen and oxygen atoms in total. The van der Waals surface area contributed by atoms with E-state index in [9.17, 15) is 14.0 Å². The zero-order valence-electron chi connectivity index (χ0n) is 16.5. The molecule has 0 aromatic rings. The van der Waals surface area contributed by atoms with Gasteiger partial charge >= 0.3 is 5.97 Å². The molecule has 4 fully saturated rings. The lowest BCUT2D eigenvalue weighted by molar-refractivity contribution is -0.171. The molecule has 4 rings (SSSR count). The van der Waals surface area contributed by atoms with E-state index in [-0.39, 0.29) is 34.7 Å². The van der Waals surface area contributed by atoms with Crippen molar-refractivity contribution in [3.05, 3.63) is 0 Å². The largest absolute Gasteiger partial charge is 0.469 e. The zero-order chi connectivity index (χ0) is 18.9. The molecular formula is C21H32FNO3. The molecule has 0 N–H and O–H groups in total. The lowest BCUT2D eigenvalue weighted by Crippen LogP contribution is -2.64. The predicted molar refractivity (Wildman–Crippen MR) is 96.0 cm³/mol. The summed E-state index contributed by atoms with van der Waals surface area (Å²) < 4.78 is 19.6. The Morgan fingerprint density at radius 3 is 2.50 bits per heavy atom. The first kappa shape index (κ1) is 18.2. The molecule has 3 saturated carbocycles. The number of piperidine rings is 1. The minimum absolute atomic E-state index is 0.00788. The van der Waals surface area contributed by atoms with E-state index < -0.39 is 6.17 Å². The summed E-state index contributed by atoms with van der Waals surface area (Å²) in [6, 6.07) is 0.158. The molecular weight excluding hydrogens is 333 g/mol. The van der Waals surface area contributed by atoms with Crippen LogP contribution >= 0.6 is 0 Å². The normalized spacial score (nSPS) is 50.7. The fourth-order valence-electron chi connectivity index (χ4n) is 7.74. The molecule has 4 aliphatic rings. The number of methoxy groups -OCH3 is 1. The molecule has 8 atom stereocenters. The Kier molecular flexibility index (Phi) is 4.16. The maximum Gasteiger partial charge on any atom is 0.309 e. The van der Waals surface area contributed by atoms with Gasteiger partial charge < -0.3 is 9.64 Å². The minimum Gasteiger partial charge on any atom is -0.469 e. The molecule has 1 aliphatic heterocycles. The van der Waals surface area contributed by atoms with E-state index >= 15 is 0 Å². The first-order valence-electron chi connectivity index (χ1n) is 10.2. The van der Waals surface area contributed by atoms with Crippen LogP contribution < -0.4 is 0 Å². The van der Waals surface area contributed by atoms with Gasteiger partial charge in [-0.05, 0) is 73.5 Å². The smallest absolute Gasteiger partial charge is 0.309 e. The van der Waals surface area contributed by atoms with Crippen molar-refractivity contribution in [3.63, 3.8) is 0 Å². The van der Waals surface area contributed by atoms with Gasteiger partial charge in [0.05, 0.1) is 13.0 Å². The lowest BCUT2D eigenvalue weighted by Gasteiger charge is -2.62. The molecule has 0 radical (unpaired) electrons. The number of fused-ring (bicyclic) bond motifs is 5. The lowest BCUT2D eigenvalue weighted by atomic mass is 9.46. The third-order valence-electron chi connectivity index (χ3n) is 9.01. The maximum atomic E-state index is 14.5. The topological polar surface area (TPSA) is 46.6 Å². The van der Waals surface area contributed by atoms with Gasteiger partial charge in [-0.25, -0.2) is 4.39 Å². The summed E-state index contributed by atoms with van der Waals surface area (Å²) in [7, 11) is 3.28. The molecule has 0 bridgehead atoms. The minimum atomic E-state index is -1.36. The SMILES string of the molecule is COC(=O)[C@H]1CC[C@H]2C3CCC4N(C)C(=O)[C@H](F)C[C@]4(C)C3CC[C@]12C.